The van der Waals surface area contributed by atoms with Gasteiger partial charge in [0.1, 0.15) is 0 Å². The summed E-state index contributed by atoms with van der Waals surface area (Å²) >= 11 is 1.51. The highest BCUT2D eigenvalue weighted by Gasteiger charge is 2.38. The monoisotopic (exact) mass is 301 g/mol. The van der Waals surface area contributed by atoms with Gasteiger partial charge in [-0.3, -0.25) is 4.79 Å². The second kappa shape index (κ2) is 6.20. The van der Waals surface area contributed by atoms with Crippen LogP contribution in [0.3, 0.4) is 0 Å². The maximum Gasteiger partial charge on any atom is 0.265 e. The standard InChI is InChI=1S/C13H19N3OS.ClH/c1-16-6-7-18-13(16)15-12(17)11-8-9-4-2-3-5-10(9)14-11;/h6-7,9-11,14H,2-5,8H2,1H3;1H. The average Bonchev–Trinajstić information content (AvgIpc) is 2.96. The third kappa shape index (κ3) is 3.09. The molecule has 6 heteroatoms. The number of amides is 1. The molecule has 1 aromatic rings. The van der Waals surface area contributed by atoms with Gasteiger partial charge in [-0.05, 0) is 25.2 Å². The Hall–Kier alpha value is -0.650. The Bertz CT molecular complexity index is 496. The number of carbonyl (C=O) groups is 1. The Balaban J connectivity index is 0.00000133. The quantitative estimate of drug-likeness (QED) is 0.860. The second-order valence-electron chi connectivity index (χ2n) is 5.35. The van der Waals surface area contributed by atoms with Gasteiger partial charge in [0.2, 0.25) is 0 Å². The van der Waals surface area contributed by atoms with Crippen LogP contribution in [0.25, 0.3) is 0 Å². The lowest BCUT2D eigenvalue weighted by molar-refractivity contribution is -0.119. The first kappa shape index (κ1) is 14.8. The van der Waals surface area contributed by atoms with Gasteiger partial charge in [0.15, 0.2) is 4.80 Å². The van der Waals surface area contributed by atoms with Crippen LogP contribution in [-0.2, 0) is 11.8 Å². The minimum Gasteiger partial charge on any atom is -0.327 e. The highest BCUT2D eigenvalue weighted by Crippen LogP contribution is 2.33. The Morgan fingerprint density at radius 3 is 2.95 bits per heavy atom. The predicted octanol–water partition coefficient (Wildman–Crippen LogP) is 1.86. The Morgan fingerprint density at radius 1 is 1.47 bits per heavy atom. The van der Waals surface area contributed by atoms with E-state index in [9.17, 15) is 4.79 Å². The highest BCUT2D eigenvalue weighted by atomic mass is 35.5. The molecule has 1 saturated carbocycles. The minimum absolute atomic E-state index is 0. The maximum absolute atomic E-state index is 12.2. The van der Waals surface area contributed by atoms with E-state index in [4.69, 9.17) is 0 Å². The van der Waals surface area contributed by atoms with Gasteiger partial charge in [-0.2, -0.15) is 4.99 Å². The van der Waals surface area contributed by atoms with Crippen molar-refractivity contribution in [2.24, 2.45) is 18.0 Å². The van der Waals surface area contributed by atoms with E-state index in [1.807, 2.05) is 23.2 Å². The zero-order valence-electron chi connectivity index (χ0n) is 11.0. The highest BCUT2D eigenvalue weighted by molar-refractivity contribution is 7.07. The van der Waals surface area contributed by atoms with E-state index in [1.54, 1.807) is 0 Å². The number of aromatic nitrogens is 1. The number of carbonyl (C=O) groups excluding carboxylic acids is 1. The number of hydrogen-bond donors (Lipinski definition) is 1. The van der Waals surface area contributed by atoms with Crippen molar-refractivity contribution in [1.82, 2.24) is 9.88 Å². The normalized spacial score (nSPS) is 30.8. The molecule has 1 saturated heterocycles. The zero-order chi connectivity index (χ0) is 12.5. The van der Waals surface area contributed by atoms with Gasteiger partial charge in [0, 0.05) is 24.7 Å². The molecule has 19 heavy (non-hydrogen) atoms. The summed E-state index contributed by atoms with van der Waals surface area (Å²) in [5, 5.41) is 5.43. The van der Waals surface area contributed by atoms with Crippen molar-refractivity contribution < 1.29 is 4.79 Å². The molecule has 1 amide bonds. The van der Waals surface area contributed by atoms with Crippen molar-refractivity contribution in [2.45, 2.75) is 44.2 Å². The first-order chi connectivity index (χ1) is 8.74. The number of halogens is 1. The molecule has 1 aliphatic carbocycles. The number of nitrogens with zero attached hydrogens (tertiary/aromatic N) is 2. The lowest BCUT2D eigenvalue weighted by Gasteiger charge is -2.24. The maximum atomic E-state index is 12.2. The summed E-state index contributed by atoms with van der Waals surface area (Å²) in [7, 11) is 1.92. The first-order valence-corrected chi connectivity index (χ1v) is 7.57. The molecule has 0 spiro atoms. The molecule has 1 aliphatic heterocycles. The Labute approximate surface area is 123 Å². The molecule has 3 unspecified atom stereocenters. The number of hydrogen-bond acceptors (Lipinski definition) is 3. The number of nitrogens with one attached hydrogen (secondary N) is 1. The minimum atomic E-state index is -0.0554. The molecule has 3 rings (SSSR count). The van der Waals surface area contributed by atoms with Crippen LogP contribution in [0.2, 0.25) is 0 Å². The molecule has 0 bridgehead atoms. The smallest absolute Gasteiger partial charge is 0.265 e. The van der Waals surface area contributed by atoms with Crippen molar-refractivity contribution in [2.75, 3.05) is 0 Å². The summed E-state index contributed by atoms with van der Waals surface area (Å²) in [4.78, 5) is 17.2. The molecule has 1 N–H and O–H groups in total. The third-order valence-corrected chi connectivity index (χ3v) is 4.97. The van der Waals surface area contributed by atoms with E-state index in [1.165, 1.54) is 37.0 Å². The molecule has 1 aromatic heterocycles. The lowest BCUT2D eigenvalue weighted by Crippen LogP contribution is -2.37. The van der Waals surface area contributed by atoms with Gasteiger partial charge < -0.3 is 9.88 Å². The molecule has 3 atom stereocenters. The molecule has 0 radical (unpaired) electrons. The van der Waals surface area contributed by atoms with Gasteiger partial charge in [-0.1, -0.05) is 12.8 Å². The topological polar surface area (TPSA) is 46.4 Å². The molecule has 2 fully saturated rings. The summed E-state index contributed by atoms with van der Waals surface area (Å²) in [5.41, 5.74) is 0. The summed E-state index contributed by atoms with van der Waals surface area (Å²) in [5.74, 6) is 0.697. The van der Waals surface area contributed by atoms with Crippen LogP contribution in [0.1, 0.15) is 32.1 Å². The fourth-order valence-corrected chi connectivity index (χ4v) is 3.85. The van der Waals surface area contributed by atoms with Crippen molar-refractivity contribution >= 4 is 29.7 Å². The van der Waals surface area contributed by atoms with Gasteiger partial charge in [0.25, 0.3) is 5.91 Å². The molecular weight excluding hydrogens is 282 g/mol. The third-order valence-electron chi connectivity index (χ3n) is 4.13. The number of aryl methyl sites for hydroxylation is 1. The molecule has 106 valence electrons. The largest absolute Gasteiger partial charge is 0.327 e. The van der Waals surface area contributed by atoms with E-state index in [0.717, 1.165) is 11.2 Å². The van der Waals surface area contributed by atoms with E-state index in [2.05, 4.69) is 10.3 Å². The van der Waals surface area contributed by atoms with Crippen molar-refractivity contribution in [3.05, 3.63) is 16.4 Å². The molecular formula is C13H20ClN3OS. The van der Waals surface area contributed by atoms with E-state index in [-0.39, 0.29) is 24.4 Å². The van der Waals surface area contributed by atoms with Crippen LogP contribution in [0.4, 0.5) is 0 Å². The summed E-state index contributed by atoms with van der Waals surface area (Å²) in [6.45, 7) is 0. The van der Waals surface area contributed by atoms with Gasteiger partial charge in [-0.25, -0.2) is 0 Å². The summed E-state index contributed by atoms with van der Waals surface area (Å²) in [6, 6.07) is 0.500. The van der Waals surface area contributed by atoms with Crippen molar-refractivity contribution in [1.29, 1.82) is 0 Å². The van der Waals surface area contributed by atoms with E-state index in [0.29, 0.717) is 12.0 Å². The van der Waals surface area contributed by atoms with Crippen LogP contribution in [0, 0.1) is 5.92 Å². The van der Waals surface area contributed by atoms with Crippen LogP contribution in [-0.4, -0.2) is 22.6 Å². The van der Waals surface area contributed by atoms with Crippen LogP contribution in [0.5, 0.6) is 0 Å². The Morgan fingerprint density at radius 2 is 2.26 bits per heavy atom. The summed E-state index contributed by atoms with van der Waals surface area (Å²) in [6.07, 6.45) is 8.02. The van der Waals surface area contributed by atoms with Gasteiger partial charge in [-0.15, -0.1) is 23.7 Å². The fraction of sp³-hybridized carbons (Fsp3) is 0.692. The zero-order valence-corrected chi connectivity index (χ0v) is 12.7. The fourth-order valence-electron chi connectivity index (χ4n) is 3.12. The molecule has 2 aliphatic rings. The summed E-state index contributed by atoms with van der Waals surface area (Å²) < 4.78 is 1.89. The number of thiazole rings is 1. The van der Waals surface area contributed by atoms with E-state index >= 15 is 0 Å². The number of fused-ring (bicyclic) bond motifs is 1. The number of rotatable bonds is 1. The molecule has 0 aromatic carbocycles. The van der Waals surface area contributed by atoms with Crippen LogP contribution < -0.4 is 10.1 Å². The van der Waals surface area contributed by atoms with Gasteiger partial charge >= 0.3 is 0 Å². The lowest BCUT2D eigenvalue weighted by atomic mass is 9.85. The van der Waals surface area contributed by atoms with Gasteiger partial charge in [0.05, 0.1) is 6.04 Å². The molecule has 4 nitrogen and oxygen atoms in total. The van der Waals surface area contributed by atoms with Crippen molar-refractivity contribution in [3.63, 3.8) is 0 Å². The second-order valence-corrected chi connectivity index (χ2v) is 6.23. The SMILES string of the molecule is Cl.Cn1ccsc1=NC(=O)C1CC2CCCCC2N1. The van der Waals surface area contributed by atoms with Crippen LogP contribution >= 0.6 is 23.7 Å². The average molecular weight is 302 g/mol. The molecule has 2 heterocycles. The first-order valence-electron chi connectivity index (χ1n) is 6.69. The van der Waals surface area contributed by atoms with E-state index < -0.39 is 0 Å². The van der Waals surface area contributed by atoms with Crippen molar-refractivity contribution in [3.8, 4) is 0 Å². The Kier molecular flexibility index (Phi) is 4.81. The van der Waals surface area contributed by atoms with Crippen LogP contribution in [0.15, 0.2) is 16.6 Å². The predicted molar refractivity (Wildman–Crippen MR) is 78.4 cm³/mol.